The fourth-order valence-electron chi connectivity index (χ4n) is 2.26. The maximum Gasteiger partial charge on any atom is 0.262 e. The van der Waals surface area contributed by atoms with E-state index < -0.39 is 5.91 Å². The van der Waals surface area contributed by atoms with Gasteiger partial charge in [0.15, 0.2) is 3.95 Å². The van der Waals surface area contributed by atoms with Gasteiger partial charge in [-0.15, -0.1) is 0 Å². The first-order valence-corrected chi connectivity index (χ1v) is 6.64. The van der Waals surface area contributed by atoms with Crippen molar-refractivity contribution in [1.29, 1.82) is 0 Å². The molecule has 0 atom stereocenters. The van der Waals surface area contributed by atoms with Crippen LogP contribution in [-0.2, 0) is 0 Å². The van der Waals surface area contributed by atoms with Gasteiger partial charge in [0.1, 0.15) is 10.7 Å². The number of thiazole rings is 1. The Hall–Kier alpha value is -0.880. The number of nitrogens with two attached hydrogens (primary N) is 2. The van der Waals surface area contributed by atoms with E-state index in [9.17, 15) is 4.79 Å². The van der Waals surface area contributed by atoms with Crippen molar-refractivity contribution >= 4 is 35.3 Å². The van der Waals surface area contributed by atoms with Gasteiger partial charge in [0.2, 0.25) is 0 Å². The monoisotopic (exact) mass is 257 g/mol. The number of aromatic nitrogens is 1. The van der Waals surface area contributed by atoms with Gasteiger partial charge in [-0.05, 0) is 25.1 Å². The molecule has 16 heavy (non-hydrogen) atoms. The first-order chi connectivity index (χ1) is 7.61. The van der Waals surface area contributed by atoms with Gasteiger partial charge in [-0.25, -0.2) is 0 Å². The van der Waals surface area contributed by atoms with Crippen LogP contribution in [0.1, 0.15) is 47.8 Å². The first-order valence-electron chi connectivity index (χ1n) is 5.42. The summed E-state index contributed by atoms with van der Waals surface area (Å²) < 4.78 is 2.58. The summed E-state index contributed by atoms with van der Waals surface area (Å²) in [6.07, 6.45) is 5.86. The van der Waals surface area contributed by atoms with E-state index >= 15 is 0 Å². The van der Waals surface area contributed by atoms with Crippen LogP contribution in [0.25, 0.3) is 0 Å². The van der Waals surface area contributed by atoms with Crippen molar-refractivity contribution in [2.45, 2.75) is 38.1 Å². The van der Waals surface area contributed by atoms with Crippen LogP contribution in [0.3, 0.4) is 0 Å². The number of anilines is 1. The Kier molecular flexibility index (Phi) is 3.30. The number of hydrogen-bond acceptors (Lipinski definition) is 4. The summed E-state index contributed by atoms with van der Waals surface area (Å²) in [6.45, 7) is 0. The zero-order chi connectivity index (χ0) is 11.7. The van der Waals surface area contributed by atoms with Gasteiger partial charge in [-0.2, -0.15) is 0 Å². The molecule has 1 heterocycles. The van der Waals surface area contributed by atoms with Crippen molar-refractivity contribution in [1.82, 2.24) is 4.57 Å². The Balaban J connectivity index is 2.40. The molecule has 0 bridgehead atoms. The van der Waals surface area contributed by atoms with Crippen molar-refractivity contribution in [2.75, 3.05) is 5.73 Å². The number of amides is 1. The lowest BCUT2D eigenvalue weighted by Crippen LogP contribution is -2.17. The maximum absolute atomic E-state index is 11.2. The molecule has 1 aliphatic rings. The molecule has 4 nitrogen and oxygen atoms in total. The van der Waals surface area contributed by atoms with Crippen LogP contribution in [0.5, 0.6) is 0 Å². The van der Waals surface area contributed by atoms with Crippen molar-refractivity contribution in [2.24, 2.45) is 5.73 Å². The molecule has 1 fully saturated rings. The second kappa shape index (κ2) is 4.55. The highest BCUT2D eigenvalue weighted by Crippen LogP contribution is 2.34. The largest absolute Gasteiger partial charge is 0.384 e. The van der Waals surface area contributed by atoms with Gasteiger partial charge in [0.05, 0.1) is 0 Å². The summed E-state index contributed by atoms with van der Waals surface area (Å²) in [6, 6.07) is 0.352. The van der Waals surface area contributed by atoms with Crippen molar-refractivity contribution < 1.29 is 4.79 Å². The summed E-state index contributed by atoms with van der Waals surface area (Å²) in [5.74, 6) is -0.0300. The number of nitrogens with zero attached hydrogens (tertiary/aromatic N) is 1. The number of nitrogen functional groups attached to an aromatic ring is 1. The molecule has 1 aromatic rings. The lowest BCUT2D eigenvalue weighted by Gasteiger charge is -2.24. The maximum atomic E-state index is 11.2. The third-order valence-corrected chi connectivity index (χ3v) is 4.47. The van der Waals surface area contributed by atoms with E-state index in [2.05, 4.69) is 0 Å². The van der Waals surface area contributed by atoms with Crippen molar-refractivity contribution in [3.63, 3.8) is 0 Å². The topological polar surface area (TPSA) is 74.0 Å². The number of carbonyl (C=O) groups is 1. The van der Waals surface area contributed by atoms with E-state index in [1.54, 1.807) is 0 Å². The molecular formula is C10H15N3OS2. The molecule has 0 radical (unpaired) electrons. The molecule has 1 aliphatic carbocycles. The SMILES string of the molecule is NC(=O)c1sc(=S)n(C2CCCCC2)c1N. The van der Waals surface area contributed by atoms with Gasteiger partial charge in [-0.3, -0.25) is 4.79 Å². The van der Waals surface area contributed by atoms with Crippen molar-refractivity contribution in [3.8, 4) is 0 Å². The molecular weight excluding hydrogens is 242 g/mol. The third-order valence-electron chi connectivity index (χ3n) is 3.04. The lowest BCUT2D eigenvalue weighted by molar-refractivity contribution is 0.100. The number of primary amides is 1. The molecule has 6 heteroatoms. The fourth-order valence-corrected chi connectivity index (χ4v) is 3.58. The highest BCUT2D eigenvalue weighted by atomic mass is 32.1. The normalized spacial score (nSPS) is 17.5. The van der Waals surface area contributed by atoms with Crippen LogP contribution in [0, 0.1) is 3.95 Å². The molecule has 0 aliphatic heterocycles. The van der Waals surface area contributed by atoms with Crippen LogP contribution in [-0.4, -0.2) is 10.5 Å². The second-order valence-electron chi connectivity index (χ2n) is 4.11. The molecule has 1 amide bonds. The molecule has 1 aromatic heterocycles. The van der Waals surface area contributed by atoms with E-state index in [0.29, 0.717) is 20.7 Å². The zero-order valence-corrected chi connectivity index (χ0v) is 10.6. The van der Waals surface area contributed by atoms with Crippen LogP contribution >= 0.6 is 23.6 Å². The quantitative estimate of drug-likeness (QED) is 0.799. The van der Waals surface area contributed by atoms with Gasteiger partial charge < -0.3 is 16.0 Å². The molecule has 4 N–H and O–H groups in total. The molecule has 0 unspecified atom stereocenters. The van der Waals surface area contributed by atoms with E-state index in [1.165, 1.54) is 30.6 Å². The van der Waals surface area contributed by atoms with Crippen LogP contribution < -0.4 is 11.5 Å². The summed E-state index contributed by atoms with van der Waals surface area (Å²) in [7, 11) is 0. The minimum atomic E-state index is -0.483. The molecule has 2 rings (SSSR count). The van der Waals surface area contributed by atoms with Crippen molar-refractivity contribution in [3.05, 3.63) is 8.83 Å². The summed E-state index contributed by atoms with van der Waals surface area (Å²) in [5.41, 5.74) is 11.2. The van der Waals surface area contributed by atoms with Gasteiger partial charge in [0, 0.05) is 6.04 Å². The average Bonchev–Trinajstić information content (AvgIpc) is 2.56. The Morgan fingerprint density at radius 3 is 2.50 bits per heavy atom. The fraction of sp³-hybridized carbons (Fsp3) is 0.600. The van der Waals surface area contributed by atoms with Gasteiger partial charge >= 0.3 is 0 Å². The Bertz CT molecular complexity index is 457. The van der Waals surface area contributed by atoms with E-state index in [4.69, 9.17) is 23.7 Å². The Morgan fingerprint density at radius 2 is 2.00 bits per heavy atom. The number of hydrogen-bond donors (Lipinski definition) is 2. The lowest BCUT2D eigenvalue weighted by atomic mass is 9.95. The zero-order valence-electron chi connectivity index (χ0n) is 8.94. The smallest absolute Gasteiger partial charge is 0.262 e. The average molecular weight is 257 g/mol. The van der Waals surface area contributed by atoms with Crippen LogP contribution in [0.2, 0.25) is 0 Å². The highest BCUT2D eigenvalue weighted by molar-refractivity contribution is 7.73. The van der Waals surface area contributed by atoms with Crippen LogP contribution in [0.15, 0.2) is 0 Å². The van der Waals surface area contributed by atoms with Gasteiger partial charge in [-0.1, -0.05) is 30.6 Å². The molecule has 0 spiro atoms. The first kappa shape index (κ1) is 11.6. The predicted octanol–water partition coefficient (Wildman–Crippen LogP) is 2.47. The Morgan fingerprint density at radius 1 is 1.38 bits per heavy atom. The minimum Gasteiger partial charge on any atom is -0.384 e. The number of carbonyl (C=O) groups excluding carboxylic acids is 1. The summed E-state index contributed by atoms with van der Waals surface area (Å²) >= 11 is 6.48. The molecule has 1 saturated carbocycles. The third kappa shape index (κ3) is 1.99. The summed E-state index contributed by atoms with van der Waals surface area (Å²) in [5, 5.41) is 0. The van der Waals surface area contributed by atoms with E-state index in [0.717, 1.165) is 12.8 Å². The summed E-state index contributed by atoms with van der Waals surface area (Å²) in [4.78, 5) is 11.6. The Labute approximate surface area is 103 Å². The van der Waals surface area contributed by atoms with Gasteiger partial charge in [0.25, 0.3) is 5.91 Å². The van der Waals surface area contributed by atoms with E-state index in [-0.39, 0.29) is 0 Å². The minimum absolute atomic E-state index is 0.352. The number of rotatable bonds is 2. The second-order valence-corrected chi connectivity index (χ2v) is 5.75. The molecule has 0 saturated heterocycles. The molecule has 0 aromatic carbocycles. The van der Waals surface area contributed by atoms with Crippen LogP contribution in [0.4, 0.5) is 5.82 Å². The predicted molar refractivity (Wildman–Crippen MR) is 68.2 cm³/mol. The highest BCUT2D eigenvalue weighted by Gasteiger charge is 2.22. The standard InChI is InChI=1S/C10H15N3OS2/c11-8-7(9(12)14)16-10(15)13(8)6-4-2-1-3-5-6/h6H,1-5,11H2,(H2,12,14). The molecule has 88 valence electrons. The van der Waals surface area contributed by atoms with E-state index in [1.807, 2.05) is 4.57 Å².